The van der Waals surface area contributed by atoms with Crippen molar-refractivity contribution in [3.63, 3.8) is 0 Å². The number of benzene rings is 2. The van der Waals surface area contributed by atoms with Gasteiger partial charge in [-0.2, -0.15) is 4.52 Å². The zero-order chi connectivity index (χ0) is 20.3. The molecule has 30 heavy (non-hydrogen) atoms. The van der Waals surface area contributed by atoms with Crippen molar-refractivity contribution in [2.45, 2.75) is 6.54 Å². The maximum Gasteiger partial charge on any atom is 0.246 e. The average molecular weight is 422 g/mol. The molecule has 0 amide bonds. The summed E-state index contributed by atoms with van der Waals surface area (Å²) in [6, 6.07) is 20.0. The Balaban J connectivity index is 1.50. The number of rotatable bonds is 5. The third-order valence-electron chi connectivity index (χ3n) is 5.06. The van der Waals surface area contributed by atoms with E-state index in [4.69, 9.17) is 21.1 Å². The van der Waals surface area contributed by atoms with E-state index in [-0.39, 0.29) is 5.28 Å². The Labute approximate surface area is 178 Å². The number of morpholine rings is 1. The van der Waals surface area contributed by atoms with E-state index in [0.29, 0.717) is 11.5 Å². The Bertz CT molecular complexity index is 1160. The van der Waals surface area contributed by atoms with Gasteiger partial charge in [0.25, 0.3) is 0 Å². The van der Waals surface area contributed by atoms with E-state index in [1.54, 1.807) is 12.1 Å². The first-order chi connectivity index (χ1) is 14.8. The highest BCUT2D eigenvalue weighted by atomic mass is 35.5. The monoisotopic (exact) mass is 421 g/mol. The second kappa shape index (κ2) is 8.39. The van der Waals surface area contributed by atoms with Crippen LogP contribution in [0.5, 0.6) is 11.6 Å². The maximum absolute atomic E-state index is 6.24. The lowest BCUT2D eigenvalue weighted by Crippen LogP contribution is -2.35. The first kappa shape index (κ1) is 19.0. The molecule has 1 aliphatic heterocycles. The molecular formula is C22H20ClN5O2. The van der Waals surface area contributed by atoms with Crippen molar-refractivity contribution in [3.05, 3.63) is 71.5 Å². The van der Waals surface area contributed by atoms with Crippen molar-refractivity contribution in [2.75, 3.05) is 26.3 Å². The largest absolute Gasteiger partial charge is 0.437 e. The van der Waals surface area contributed by atoms with Crippen molar-refractivity contribution in [1.82, 2.24) is 24.7 Å². The Morgan fingerprint density at radius 2 is 1.80 bits per heavy atom. The summed E-state index contributed by atoms with van der Waals surface area (Å²) in [5, 5.41) is 12.4. The SMILES string of the molecule is Clc1nnc2ccc(Oc3cc(CN4CCOCC4)ccc3-c3ccccc3)nn12. The quantitative estimate of drug-likeness (QED) is 0.484. The predicted octanol–water partition coefficient (Wildman–Crippen LogP) is 4.07. The van der Waals surface area contributed by atoms with Crippen LogP contribution in [0.1, 0.15) is 5.56 Å². The minimum absolute atomic E-state index is 0.194. The van der Waals surface area contributed by atoms with Crippen molar-refractivity contribution >= 4 is 17.2 Å². The lowest BCUT2D eigenvalue weighted by molar-refractivity contribution is 0.0342. The molecule has 2 aromatic heterocycles. The van der Waals surface area contributed by atoms with Gasteiger partial charge in [-0.25, -0.2) is 0 Å². The van der Waals surface area contributed by atoms with Gasteiger partial charge in [-0.15, -0.1) is 15.3 Å². The van der Waals surface area contributed by atoms with Crippen molar-refractivity contribution < 1.29 is 9.47 Å². The second-order valence-corrected chi connectivity index (χ2v) is 7.44. The molecule has 3 heterocycles. The van der Waals surface area contributed by atoms with E-state index in [1.165, 1.54) is 10.1 Å². The predicted molar refractivity (Wildman–Crippen MR) is 114 cm³/mol. The molecule has 1 aliphatic rings. The molecule has 1 saturated heterocycles. The number of hydrogen-bond acceptors (Lipinski definition) is 6. The highest BCUT2D eigenvalue weighted by Gasteiger charge is 2.15. The Morgan fingerprint density at radius 3 is 2.63 bits per heavy atom. The van der Waals surface area contributed by atoms with Gasteiger partial charge in [-0.3, -0.25) is 4.90 Å². The number of hydrogen-bond donors (Lipinski definition) is 0. The molecule has 0 unspecified atom stereocenters. The van der Waals surface area contributed by atoms with E-state index in [1.807, 2.05) is 18.2 Å². The van der Waals surface area contributed by atoms with Gasteiger partial charge in [-0.1, -0.05) is 42.5 Å². The van der Waals surface area contributed by atoms with Crippen LogP contribution in [0.4, 0.5) is 0 Å². The summed E-state index contributed by atoms with van der Waals surface area (Å²) in [4.78, 5) is 2.38. The number of ether oxygens (including phenoxy) is 2. The third kappa shape index (κ3) is 4.00. The molecule has 0 aliphatic carbocycles. The van der Waals surface area contributed by atoms with E-state index in [0.717, 1.165) is 49.7 Å². The number of nitrogens with zero attached hydrogens (tertiary/aromatic N) is 5. The fourth-order valence-electron chi connectivity index (χ4n) is 3.54. The lowest BCUT2D eigenvalue weighted by Gasteiger charge is -2.26. The summed E-state index contributed by atoms with van der Waals surface area (Å²) in [6.45, 7) is 4.25. The van der Waals surface area contributed by atoms with Crippen molar-refractivity contribution in [3.8, 4) is 22.8 Å². The summed E-state index contributed by atoms with van der Waals surface area (Å²) < 4.78 is 13.1. The van der Waals surface area contributed by atoms with Crippen LogP contribution >= 0.6 is 11.6 Å². The van der Waals surface area contributed by atoms with Crippen molar-refractivity contribution in [1.29, 1.82) is 0 Å². The van der Waals surface area contributed by atoms with E-state index >= 15 is 0 Å². The molecule has 0 bridgehead atoms. The first-order valence-corrected chi connectivity index (χ1v) is 10.2. The molecule has 0 saturated carbocycles. The molecule has 0 radical (unpaired) electrons. The van der Waals surface area contributed by atoms with Gasteiger partial charge in [-0.05, 0) is 34.9 Å². The molecule has 152 valence electrons. The van der Waals surface area contributed by atoms with E-state index < -0.39 is 0 Å². The van der Waals surface area contributed by atoms with Crippen LogP contribution in [0, 0.1) is 0 Å². The standard InChI is InChI=1S/C22H20ClN5O2/c23-22-25-24-20-8-9-21(26-28(20)22)30-19-14-16(15-27-10-12-29-13-11-27)6-7-18(19)17-4-2-1-3-5-17/h1-9,14H,10-13,15H2. The Hall–Kier alpha value is -3.00. The van der Waals surface area contributed by atoms with E-state index in [9.17, 15) is 0 Å². The zero-order valence-corrected chi connectivity index (χ0v) is 17.0. The van der Waals surface area contributed by atoms with Gasteiger partial charge in [0.1, 0.15) is 5.75 Å². The molecule has 7 nitrogen and oxygen atoms in total. The molecule has 8 heteroatoms. The first-order valence-electron chi connectivity index (χ1n) is 9.80. The average Bonchev–Trinajstić information content (AvgIpc) is 3.15. The van der Waals surface area contributed by atoms with Crippen LogP contribution in [-0.4, -0.2) is 51.0 Å². The van der Waals surface area contributed by atoms with Gasteiger partial charge in [0.2, 0.25) is 11.2 Å². The highest BCUT2D eigenvalue weighted by Crippen LogP contribution is 2.34. The molecule has 0 atom stereocenters. The van der Waals surface area contributed by atoms with Crippen LogP contribution in [0.2, 0.25) is 5.28 Å². The van der Waals surface area contributed by atoms with Crippen molar-refractivity contribution in [2.24, 2.45) is 0 Å². The van der Waals surface area contributed by atoms with Gasteiger partial charge in [0, 0.05) is 31.3 Å². The third-order valence-corrected chi connectivity index (χ3v) is 5.29. The summed E-state index contributed by atoms with van der Waals surface area (Å²) in [7, 11) is 0. The van der Waals surface area contributed by atoms with Crippen LogP contribution in [0.3, 0.4) is 0 Å². The molecule has 2 aromatic carbocycles. The van der Waals surface area contributed by atoms with E-state index in [2.05, 4.69) is 50.5 Å². The number of halogens is 1. The topological polar surface area (TPSA) is 64.8 Å². The Morgan fingerprint density at radius 1 is 0.967 bits per heavy atom. The minimum Gasteiger partial charge on any atom is -0.437 e. The number of fused-ring (bicyclic) bond motifs is 1. The smallest absolute Gasteiger partial charge is 0.246 e. The van der Waals surface area contributed by atoms with Crippen LogP contribution in [-0.2, 0) is 11.3 Å². The molecule has 4 aromatic rings. The normalized spacial score (nSPS) is 14.8. The lowest BCUT2D eigenvalue weighted by atomic mass is 10.0. The minimum atomic E-state index is 0.194. The van der Waals surface area contributed by atoms with Crippen LogP contribution in [0.25, 0.3) is 16.8 Å². The van der Waals surface area contributed by atoms with Gasteiger partial charge >= 0.3 is 0 Å². The van der Waals surface area contributed by atoms with Gasteiger partial charge < -0.3 is 9.47 Å². The Kier molecular flexibility index (Phi) is 5.31. The molecule has 1 fully saturated rings. The molecule has 5 rings (SSSR count). The molecular weight excluding hydrogens is 402 g/mol. The number of aromatic nitrogens is 4. The summed E-state index contributed by atoms with van der Waals surface area (Å²) >= 11 is 6.06. The maximum atomic E-state index is 6.24. The van der Waals surface area contributed by atoms with Gasteiger partial charge in [0.15, 0.2) is 5.65 Å². The summed E-state index contributed by atoms with van der Waals surface area (Å²) in [5.74, 6) is 1.16. The van der Waals surface area contributed by atoms with Crippen LogP contribution < -0.4 is 4.74 Å². The van der Waals surface area contributed by atoms with Crippen LogP contribution in [0.15, 0.2) is 60.7 Å². The fourth-order valence-corrected chi connectivity index (χ4v) is 3.70. The molecule has 0 spiro atoms. The zero-order valence-electron chi connectivity index (χ0n) is 16.2. The summed E-state index contributed by atoms with van der Waals surface area (Å²) in [5.41, 5.74) is 3.82. The van der Waals surface area contributed by atoms with Gasteiger partial charge in [0.05, 0.1) is 13.2 Å². The molecule has 0 N–H and O–H groups in total. The second-order valence-electron chi connectivity index (χ2n) is 7.10. The summed E-state index contributed by atoms with van der Waals surface area (Å²) in [6.07, 6.45) is 0. The fraction of sp³-hybridized carbons (Fsp3) is 0.227. The highest BCUT2D eigenvalue weighted by molar-refractivity contribution is 6.28.